The van der Waals surface area contributed by atoms with E-state index in [2.05, 4.69) is 44.5 Å². The highest BCUT2D eigenvalue weighted by Crippen LogP contribution is 2.34. The molecule has 1 rings (SSSR count). The maximum Gasteiger partial charge on any atom is 0.0202 e. The third-order valence-electron chi connectivity index (χ3n) is 3.88. The van der Waals surface area contributed by atoms with Crippen molar-refractivity contribution in [3.63, 3.8) is 0 Å². The fourth-order valence-electron chi connectivity index (χ4n) is 2.63. The number of nitrogens with zero attached hydrogens (tertiary/aromatic N) is 1. The predicted molar refractivity (Wildman–Crippen MR) is 76.3 cm³/mol. The number of hydrogen-bond acceptors (Lipinski definition) is 2. The third kappa shape index (κ3) is 5.22. The zero-order chi connectivity index (χ0) is 12.9. The molecule has 0 aromatic heterocycles. The normalized spacial score (nSPS) is 19.5. The summed E-state index contributed by atoms with van der Waals surface area (Å²) in [6.45, 7) is 19.0. The van der Waals surface area contributed by atoms with Crippen molar-refractivity contribution in [1.82, 2.24) is 10.2 Å². The molecule has 1 aliphatic rings. The van der Waals surface area contributed by atoms with Gasteiger partial charge in [0.25, 0.3) is 0 Å². The predicted octanol–water partition coefficient (Wildman–Crippen LogP) is 2.91. The second kappa shape index (κ2) is 6.55. The van der Waals surface area contributed by atoms with Crippen molar-refractivity contribution >= 4 is 0 Å². The fraction of sp³-hybridized carbons (Fsp3) is 0.867. The molecule has 0 unspecified atom stereocenters. The molecule has 1 aliphatic heterocycles. The number of piperidine rings is 1. The zero-order valence-electron chi connectivity index (χ0n) is 12.2. The first-order valence-corrected chi connectivity index (χ1v) is 7.03. The lowest BCUT2D eigenvalue weighted by Gasteiger charge is -2.39. The molecule has 0 aliphatic carbocycles. The Morgan fingerprint density at radius 3 is 2.35 bits per heavy atom. The quantitative estimate of drug-likeness (QED) is 0.741. The van der Waals surface area contributed by atoms with Gasteiger partial charge < -0.3 is 5.32 Å². The van der Waals surface area contributed by atoms with Crippen LogP contribution in [0.1, 0.15) is 40.5 Å². The zero-order valence-corrected chi connectivity index (χ0v) is 12.2. The van der Waals surface area contributed by atoms with Crippen molar-refractivity contribution in [2.75, 3.05) is 32.7 Å². The summed E-state index contributed by atoms with van der Waals surface area (Å²) >= 11 is 0. The molecule has 0 bridgehead atoms. The smallest absolute Gasteiger partial charge is 0.0202 e. The minimum absolute atomic E-state index is 0.479. The molecule has 1 saturated heterocycles. The van der Waals surface area contributed by atoms with E-state index in [0.29, 0.717) is 5.41 Å². The van der Waals surface area contributed by atoms with Crippen LogP contribution in [0.2, 0.25) is 0 Å². The average molecular weight is 238 g/mol. The Morgan fingerprint density at radius 1 is 1.29 bits per heavy atom. The van der Waals surface area contributed by atoms with Crippen molar-refractivity contribution in [2.24, 2.45) is 11.3 Å². The average Bonchev–Trinajstić information content (AvgIpc) is 2.26. The van der Waals surface area contributed by atoms with E-state index in [1.165, 1.54) is 31.5 Å². The first kappa shape index (κ1) is 14.7. The minimum atomic E-state index is 0.479. The van der Waals surface area contributed by atoms with Crippen LogP contribution in [0.15, 0.2) is 12.2 Å². The summed E-state index contributed by atoms with van der Waals surface area (Å²) in [4.78, 5) is 2.56. The summed E-state index contributed by atoms with van der Waals surface area (Å²) in [6, 6.07) is 0. The Hall–Kier alpha value is -0.340. The Kier molecular flexibility index (Phi) is 5.68. The van der Waals surface area contributed by atoms with Gasteiger partial charge in [-0.05, 0) is 49.4 Å². The van der Waals surface area contributed by atoms with E-state index in [9.17, 15) is 0 Å². The highest BCUT2D eigenvalue weighted by Gasteiger charge is 2.28. The number of likely N-dealkylation sites (tertiary alicyclic amines) is 1. The van der Waals surface area contributed by atoms with Crippen LogP contribution in [0.4, 0.5) is 0 Å². The summed E-state index contributed by atoms with van der Waals surface area (Å²) < 4.78 is 0. The van der Waals surface area contributed by atoms with Gasteiger partial charge in [-0.15, -0.1) is 0 Å². The van der Waals surface area contributed by atoms with Gasteiger partial charge in [0.15, 0.2) is 0 Å². The fourth-order valence-corrected chi connectivity index (χ4v) is 2.63. The van der Waals surface area contributed by atoms with Gasteiger partial charge in [-0.3, -0.25) is 4.90 Å². The van der Waals surface area contributed by atoms with Crippen molar-refractivity contribution in [3.8, 4) is 0 Å². The van der Waals surface area contributed by atoms with Gasteiger partial charge in [0.2, 0.25) is 0 Å². The van der Waals surface area contributed by atoms with Crippen molar-refractivity contribution < 1.29 is 0 Å². The molecule has 2 heteroatoms. The van der Waals surface area contributed by atoms with Gasteiger partial charge in [-0.25, -0.2) is 0 Å². The number of nitrogens with one attached hydrogen (secondary N) is 1. The summed E-state index contributed by atoms with van der Waals surface area (Å²) in [6.07, 6.45) is 2.69. The van der Waals surface area contributed by atoms with Crippen LogP contribution < -0.4 is 5.32 Å². The molecule has 1 N–H and O–H groups in total. The van der Waals surface area contributed by atoms with Crippen LogP contribution >= 0.6 is 0 Å². The van der Waals surface area contributed by atoms with E-state index >= 15 is 0 Å². The molecule has 0 aromatic carbocycles. The monoisotopic (exact) mass is 238 g/mol. The molecule has 0 saturated carbocycles. The Balaban J connectivity index is 2.25. The standard InChI is InChI=1S/C15H30N2/c1-6-16-11-13(2)12-17-9-7-14(8-10-17)15(3,4)5/h14,16H,2,6-12H2,1,3-5H3. The Morgan fingerprint density at radius 2 is 1.88 bits per heavy atom. The number of hydrogen-bond donors (Lipinski definition) is 1. The maximum atomic E-state index is 4.15. The minimum Gasteiger partial charge on any atom is -0.313 e. The highest BCUT2D eigenvalue weighted by atomic mass is 15.1. The third-order valence-corrected chi connectivity index (χ3v) is 3.88. The molecule has 1 heterocycles. The molecule has 0 aromatic rings. The lowest BCUT2D eigenvalue weighted by molar-refractivity contribution is 0.118. The summed E-state index contributed by atoms with van der Waals surface area (Å²) in [5.74, 6) is 0.890. The molecule has 2 nitrogen and oxygen atoms in total. The van der Waals surface area contributed by atoms with E-state index < -0.39 is 0 Å². The second-order valence-electron chi connectivity index (χ2n) is 6.45. The van der Waals surface area contributed by atoms with E-state index in [0.717, 1.165) is 25.6 Å². The lowest BCUT2D eigenvalue weighted by atomic mass is 9.75. The van der Waals surface area contributed by atoms with E-state index in [-0.39, 0.29) is 0 Å². The van der Waals surface area contributed by atoms with Crippen LogP contribution in [0.25, 0.3) is 0 Å². The van der Waals surface area contributed by atoms with Crippen LogP contribution in [-0.2, 0) is 0 Å². The van der Waals surface area contributed by atoms with Crippen LogP contribution in [0, 0.1) is 11.3 Å². The molecule has 0 radical (unpaired) electrons. The maximum absolute atomic E-state index is 4.15. The van der Waals surface area contributed by atoms with E-state index in [1.54, 1.807) is 0 Å². The number of likely N-dealkylation sites (N-methyl/N-ethyl adjacent to an activating group) is 1. The first-order valence-electron chi connectivity index (χ1n) is 7.03. The molecule has 0 spiro atoms. The Bertz CT molecular complexity index is 232. The number of rotatable bonds is 5. The molecule has 0 amide bonds. The van der Waals surface area contributed by atoms with Crippen molar-refractivity contribution in [1.29, 1.82) is 0 Å². The van der Waals surface area contributed by atoms with Gasteiger partial charge in [-0.2, -0.15) is 0 Å². The van der Waals surface area contributed by atoms with Gasteiger partial charge in [0.05, 0.1) is 0 Å². The molecule has 17 heavy (non-hydrogen) atoms. The molecule has 0 atom stereocenters. The molecule has 100 valence electrons. The second-order valence-corrected chi connectivity index (χ2v) is 6.45. The largest absolute Gasteiger partial charge is 0.313 e. The van der Waals surface area contributed by atoms with E-state index in [1.807, 2.05) is 0 Å². The van der Waals surface area contributed by atoms with Crippen LogP contribution in [-0.4, -0.2) is 37.6 Å². The van der Waals surface area contributed by atoms with Gasteiger partial charge in [0.1, 0.15) is 0 Å². The van der Waals surface area contributed by atoms with Crippen LogP contribution in [0.3, 0.4) is 0 Å². The van der Waals surface area contributed by atoms with E-state index in [4.69, 9.17) is 0 Å². The summed E-state index contributed by atoms with van der Waals surface area (Å²) in [5.41, 5.74) is 1.80. The summed E-state index contributed by atoms with van der Waals surface area (Å²) in [5, 5.41) is 3.34. The SMILES string of the molecule is C=C(CNCC)CN1CCC(C(C)(C)C)CC1. The molecular weight excluding hydrogens is 208 g/mol. The van der Waals surface area contributed by atoms with Gasteiger partial charge in [0, 0.05) is 13.1 Å². The van der Waals surface area contributed by atoms with Gasteiger partial charge in [-0.1, -0.05) is 34.3 Å². The molecular formula is C15H30N2. The lowest BCUT2D eigenvalue weighted by Crippen LogP contribution is -2.39. The van der Waals surface area contributed by atoms with Gasteiger partial charge >= 0.3 is 0 Å². The first-order chi connectivity index (χ1) is 7.93. The molecule has 1 fully saturated rings. The Labute approximate surface area is 107 Å². The van der Waals surface area contributed by atoms with Crippen LogP contribution in [0.5, 0.6) is 0 Å². The van der Waals surface area contributed by atoms with Crippen molar-refractivity contribution in [3.05, 3.63) is 12.2 Å². The summed E-state index contributed by atoms with van der Waals surface area (Å²) in [7, 11) is 0. The van der Waals surface area contributed by atoms with Crippen molar-refractivity contribution in [2.45, 2.75) is 40.5 Å². The topological polar surface area (TPSA) is 15.3 Å². The highest BCUT2D eigenvalue weighted by molar-refractivity contribution is 5.00.